The predicted molar refractivity (Wildman–Crippen MR) is 105 cm³/mol. The van der Waals surface area contributed by atoms with Gasteiger partial charge >= 0.3 is 6.09 Å². The zero-order valence-corrected chi connectivity index (χ0v) is 16.9. The Morgan fingerprint density at radius 3 is 2.55 bits per heavy atom. The molecule has 3 N–H and O–H groups in total. The van der Waals surface area contributed by atoms with Gasteiger partial charge in [0.2, 0.25) is 10.0 Å². The molecule has 3 aromatic rings. The number of halogens is 3. The Bertz CT molecular complexity index is 1310. The Morgan fingerprint density at radius 1 is 1.16 bits per heavy atom. The minimum Gasteiger partial charge on any atom is -0.465 e. The van der Waals surface area contributed by atoms with Crippen molar-refractivity contribution in [1.82, 2.24) is 14.7 Å². The number of hydrogen-bond acceptors (Lipinski definition) is 4. The van der Waals surface area contributed by atoms with Crippen LogP contribution in [0.15, 0.2) is 30.5 Å². The fraction of sp³-hybridized carbons (Fsp3) is 0.263. The number of nitrogens with one attached hydrogen (secondary N) is 2. The van der Waals surface area contributed by atoms with Gasteiger partial charge in [-0.15, -0.1) is 0 Å². The fourth-order valence-electron chi connectivity index (χ4n) is 3.96. The standard InChI is InChI=1S/C19H17F3N4O4S/c1-31(29,30)25-9-2-3-26-17-8-15(24-19(27)28)11(6-16(17)23-18(26)4-9)10-5-13(21)14(22)7-12(10)20/h2-5,7,11,15,24-25H,6,8H2,1H3,(H,27,28)/t11-,15-/m1/s1. The Labute approximate surface area is 174 Å². The van der Waals surface area contributed by atoms with Crippen LogP contribution in [0, 0.1) is 17.5 Å². The molecule has 31 heavy (non-hydrogen) atoms. The van der Waals surface area contributed by atoms with Gasteiger partial charge < -0.3 is 14.8 Å². The number of nitrogens with zero attached hydrogens (tertiary/aromatic N) is 2. The lowest BCUT2D eigenvalue weighted by atomic mass is 9.80. The number of carboxylic acid groups (broad SMARTS) is 1. The number of amides is 1. The van der Waals surface area contributed by atoms with Gasteiger partial charge in [0.25, 0.3) is 0 Å². The molecule has 0 aliphatic heterocycles. The third-order valence-electron chi connectivity index (χ3n) is 5.17. The number of fused-ring (bicyclic) bond motifs is 3. The quantitative estimate of drug-likeness (QED) is 0.525. The van der Waals surface area contributed by atoms with Crippen LogP contribution >= 0.6 is 0 Å². The third-order valence-corrected chi connectivity index (χ3v) is 5.78. The molecule has 1 aliphatic rings. The largest absolute Gasteiger partial charge is 0.465 e. The van der Waals surface area contributed by atoms with Crippen molar-refractivity contribution in [3.63, 3.8) is 0 Å². The molecule has 1 aromatic carbocycles. The molecule has 0 spiro atoms. The lowest BCUT2D eigenvalue weighted by molar-refractivity contribution is 0.186. The number of benzene rings is 1. The number of carbonyl (C=O) groups is 1. The molecule has 0 bridgehead atoms. The van der Waals surface area contributed by atoms with Crippen molar-refractivity contribution in [2.24, 2.45) is 0 Å². The van der Waals surface area contributed by atoms with Crippen LogP contribution < -0.4 is 10.0 Å². The van der Waals surface area contributed by atoms with Gasteiger partial charge in [0.1, 0.15) is 11.5 Å². The summed E-state index contributed by atoms with van der Waals surface area (Å²) in [6.07, 6.45) is 1.45. The Morgan fingerprint density at radius 2 is 1.87 bits per heavy atom. The van der Waals surface area contributed by atoms with Crippen LogP contribution in [0.1, 0.15) is 22.9 Å². The van der Waals surface area contributed by atoms with Gasteiger partial charge in [0, 0.05) is 48.8 Å². The summed E-state index contributed by atoms with van der Waals surface area (Å²) in [5.41, 5.74) is 1.72. The fourth-order valence-corrected chi connectivity index (χ4v) is 4.52. The molecule has 2 aromatic heterocycles. The molecular weight excluding hydrogens is 437 g/mol. The molecule has 0 saturated heterocycles. The van der Waals surface area contributed by atoms with Crippen molar-refractivity contribution in [1.29, 1.82) is 0 Å². The second kappa shape index (κ2) is 7.45. The predicted octanol–water partition coefficient (Wildman–Crippen LogP) is 2.64. The number of hydrogen-bond donors (Lipinski definition) is 3. The number of pyridine rings is 1. The normalized spacial score (nSPS) is 18.6. The molecule has 4 rings (SSSR count). The van der Waals surface area contributed by atoms with Crippen molar-refractivity contribution in [3.05, 3.63) is 64.9 Å². The highest BCUT2D eigenvalue weighted by atomic mass is 32.2. The van der Waals surface area contributed by atoms with Gasteiger partial charge in [-0.1, -0.05) is 0 Å². The van der Waals surface area contributed by atoms with E-state index < -0.39 is 45.5 Å². The summed E-state index contributed by atoms with van der Waals surface area (Å²) in [5, 5.41) is 11.6. The van der Waals surface area contributed by atoms with E-state index in [1.807, 2.05) is 0 Å². The third kappa shape index (κ3) is 4.15. The van der Waals surface area contributed by atoms with E-state index in [-0.39, 0.29) is 18.4 Å². The zero-order valence-electron chi connectivity index (χ0n) is 16.1. The molecule has 12 heteroatoms. The molecule has 0 saturated carbocycles. The van der Waals surface area contributed by atoms with Crippen molar-refractivity contribution < 1.29 is 31.5 Å². The van der Waals surface area contributed by atoms with Crippen molar-refractivity contribution in [2.45, 2.75) is 24.8 Å². The van der Waals surface area contributed by atoms with E-state index in [9.17, 15) is 31.5 Å². The lowest BCUT2D eigenvalue weighted by Crippen LogP contribution is -2.43. The van der Waals surface area contributed by atoms with Gasteiger partial charge in [-0.05, 0) is 17.7 Å². The monoisotopic (exact) mass is 454 g/mol. The van der Waals surface area contributed by atoms with Crippen molar-refractivity contribution in [3.8, 4) is 0 Å². The Hall–Kier alpha value is -3.28. The van der Waals surface area contributed by atoms with Crippen LogP contribution in [0.4, 0.5) is 23.7 Å². The number of rotatable bonds is 4. The molecule has 2 atom stereocenters. The first-order valence-corrected chi connectivity index (χ1v) is 11.0. The lowest BCUT2D eigenvalue weighted by Gasteiger charge is -2.31. The van der Waals surface area contributed by atoms with Gasteiger partial charge in [-0.3, -0.25) is 4.72 Å². The van der Waals surface area contributed by atoms with Gasteiger partial charge in [0.05, 0.1) is 17.6 Å². The molecule has 1 aliphatic carbocycles. The summed E-state index contributed by atoms with van der Waals surface area (Å²) >= 11 is 0. The average Bonchev–Trinajstić information content (AvgIpc) is 2.99. The first-order chi connectivity index (χ1) is 14.5. The SMILES string of the molecule is CS(=O)(=O)Nc1ccn2c3c(nc2c1)C[C@H](c1cc(F)c(F)cc1F)[C@H](NC(=O)O)C3. The van der Waals surface area contributed by atoms with Crippen molar-refractivity contribution in [2.75, 3.05) is 11.0 Å². The summed E-state index contributed by atoms with van der Waals surface area (Å²) in [5.74, 6) is -4.37. The molecule has 8 nitrogen and oxygen atoms in total. The highest BCUT2D eigenvalue weighted by molar-refractivity contribution is 7.92. The van der Waals surface area contributed by atoms with E-state index >= 15 is 0 Å². The van der Waals surface area contributed by atoms with E-state index in [0.29, 0.717) is 28.8 Å². The van der Waals surface area contributed by atoms with E-state index in [4.69, 9.17) is 0 Å². The molecule has 164 valence electrons. The van der Waals surface area contributed by atoms with E-state index in [1.54, 1.807) is 10.6 Å². The molecule has 1 amide bonds. The number of anilines is 1. The van der Waals surface area contributed by atoms with Gasteiger partial charge in [0.15, 0.2) is 11.6 Å². The van der Waals surface area contributed by atoms with Crippen LogP contribution in [0.3, 0.4) is 0 Å². The number of aromatic nitrogens is 2. The maximum Gasteiger partial charge on any atom is 0.404 e. The van der Waals surface area contributed by atoms with Crippen LogP contribution in [-0.4, -0.2) is 41.3 Å². The second-order valence-electron chi connectivity index (χ2n) is 7.38. The van der Waals surface area contributed by atoms with E-state index in [2.05, 4.69) is 15.0 Å². The first-order valence-electron chi connectivity index (χ1n) is 9.13. The summed E-state index contributed by atoms with van der Waals surface area (Å²) in [6.45, 7) is 0. The molecule has 0 unspecified atom stereocenters. The molecule has 0 fully saturated rings. The summed E-state index contributed by atoms with van der Waals surface area (Å²) < 4.78 is 68.6. The highest BCUT2D eigenvalue weighted by Gasteiger charge is 2.35. The second-order valence-corrected chi connectivity index (χ2v) is 9.13. The minimum absolute atomic E-state index is 0.0682. The van der Waals surface area contributed by atoms with Crippen LogP contribution in [-0.2, 0) is 22.9 Å². The van der Waals surface area contributed by atoms with Gasteiger partial charge in [-0.2, -0.15) is 0 Å². The Balaban J connectivity index is 1.78. The summed E-state index contributed by atoms with van der Waals surface area (Å²) in [4.78, 5) is 15.8. The zero-order chi connectivity index (χ0) is 22.5. The maximum atomic E-state index is 14.4. The summed E-state index contributed by atoms with van der Waals surface area (Å²) in [7, 11) is -3.50. The number of imidazole rings is 1. The van der Waals surface area contributed by atoms with Crippen molar-refractivity contribution >= 4 is 27.5 Å². The van der Waals surface area contributed by atoms with Crippen LogP contribution in [0.2, 0.25) is 0 Å². The Kier molecular flexibility index (Phi) is 5.04. The molecular formula is C19H17F3N4O4S. The van der Waals surface area contributed by atoms with E-state index in [0.717, 1.165) is 12.3 Å². The topological polar surface area (TPSA) is 113 Å². The smallest absolute Gasteiger partial charge is 0.404 e. The van der Waals surface area contributed by atoms with E-state index in [1.165, 1.54) is 12.1 Å². The summed E-state index contributed by atoms with van der Waals surface area (Å²) in [6, 6.07) is 3.38. The van der Waals surface area contributed by atoms with Crippen LogP contribution in [0.25, 0.3) is 5.65 Å². The minimum atomic E-state index is -3.50. The maximum absolute atomic E-state index is 14.4. The average molecular weight is 454 g/mol. The molecule has 2 heterocycles. The van der Waals surface area contributed by atoms with Crippen LogP contribution in [0.5, 0.6) is 0 Å². The highest BCUT2D eigenvalue weighted by Crippen LogP contribution is 2.35. The molecule has 0 radical (unpaired) electrons. The first kappa shape index (κ1) is 21.0. The number of sulfonamides is 1. The van der Waals surface area contributed by atoms with Gasteiger partial charge in [-0.25, -0.2) is 31.4 Å².